The SMILES string of the molecule is NCC1(c2ccc(C(C(F)(F)F)C(F)(F)F)cc2)CC1. The molecular weight excluding hydrogens is 284 g/mol. The van der Waals surface area contributed by atoms with Crippen LogP contribution in [0.3, 0.4) is 0 Å². The lowest BCUT2D eigenvalue weighted by Gasteiger charge is -2.24. The van der Waals surface area contributed by atoms with Crippen LogP contribution in [-0.4, -0.2) is 18.9 Å². The molecule has 1 aromatic carbocycles. The van der Waals surface area contributed by atoms with E-state index in [9.17, 15) is 26.3 Å². The van der Waals surface area contributed by atoms with Gasteiger partial charge >= 0.3 is 12.4 Å². The highest BCUT2D eigenvalue weighted by Gasteiger charge is 2.57. The molecule has 0 bridgehead atoms. The van der Waals surface area contributed by atoms with Crippen molar-refractivity contribution in [2.45, 2.75) is 36.5 Å². The number of hydrogen-bond acceptors (Lipinski definition) is 1. The molecule has 2 N–H and O–H groups in total. The minimum absolute atomic E-state index is 0.259. The van der Waals surface area contributed by atoms with Crippen LogP contribution in [0.5, 0.6) is 0 Å². The van der Waals surface area contributed by atoms with Crippen molar-refractivity contribution in [2.24, 2.45) is 5.73 Å². The van der Waals surface area contributed by atoms with Crippen molar-refractivity contribution >= 4 is 0 Å². The average Bonchev–Trinajstić information content (AvgIpc) is 3.07. The fourth-order valence-corrected chi connectivity index (χ4v) is 2.35. The molecule has 0 amide bonds. The van der Waals surface area contributed by atoms with Gasteiger partial charge < -0.3 is 5.73 Å². The highest BCUT2D eigenvalue weighted by molar-refractivity contribution is 5.36. The summed E-state index contributed by atoms with van der Waals surface area (Å²) in [5.74, 6) is -3.45. The second-order valence-electron chi connectivity index (χ2n) is 5.12. The van der Waals surface area contributed by atoms with Gasteiger partial charge in [-0.3, -0.25) is 0 Å². The first-order valence-electron chi connectivity index (χ1n) is 6.04. The Morgan fingerprint density at radius 1 is 0.950 bits per heavy atom. The molecule has 0 saturated heterocycles. The van der Waals surface area contributed by atoms with Crippen LogP contribution >= 0.6 is 0 Å². The van der Waals surface area contributed by atoms with Gasteiger partial charge in [-0.15, -0.1) is 0 Å². The van der Waals surface area contributed by atoms with Crippen LogP contribution < -0.4 is 5.73 Å². The van der Waals surface area contributed by atoms with Crippen molar-refractivity contribution in [3.8, 4) is 0 Å². The maximum Gasteiger partial charge on any atom is 0.404 e. The molecule has 112 valence electrons. The molecule has 1 aliphatic rings. The highest BCUT2D eigenvalue weighted by Crippen LogP contribution is 2.49. The van der Waals surface area contributed by atoms with Crippen molar-refractivity contribution in [3.63, 3.8) is 0 Å². The summed E-state index contributed by atoms with van der Waals surface area (Å²) in [6.07, 6.45) is -9.09. The number of alkyl halides is 6. The Labute approximate surface area is 111 Å². The average molecular weight is 297 g/mol. The van der Waals surface area contributed by atoms with E-state index in [0.29, 0.717) is 12.1 Å². The summed E-state index contributed by atoms with van der Waals surface area (Å²) in [7, 11) is 0. The van der Waals surface area contributed by atoms with Gasteiger partial charge in [0, 0.05) is 12.0 Å². The van der Waals surface area contributed by atoms with Crippen molar-refractivity contribution in [1.29, 1.82) is 0 Å². The largest absolute Gasteiger partial charge is 0.404 e. The van der Waals surface area contributed by atoms with Gasteiger partial charge in [-0.05, 0) is 24.0 Å². The summed E-state index contributed by atoms with van der Waals surface area (Å²) in [6.45, 7) is 0.342. The van der Waals surface area contributed by atoms with Crippen molar-refractivity contribution in [3.05, 3.63) is 35.4 Å². The van der Waals surface area contributed by atoms with E-state index in [2.05, 4.69) is 0 Å². The number of rotatable bonds is 3. The Balaban J connectivity index is 2.32. The summed E-state index contributed by atoms with van der Waals surface area (Å²) in [6, 6.07) is 4.44. The standard InChI is InChI=1S/C13H13F6N/c14-12(15,16)10(13(17,18)19)8-1-3-9(4-2-8)11(7-20)5-6-11/h1-4,10H,5-7,20H2. The van der Waals surface area contributed by atoms with Crippen LogP contribution in [0.4, 0.5) is 26.3 Å². The molecule has 1 aromatic rings. The summed E-state index contributed by atoms with van der Waals surface area (Å²) in [5, 5.41) is 0. The molecule has 0 radical (unpaired) electrons. The molecule has 20 heavy (non-hydrogen) atoms. The number of nitrogens with two attached hydrogens (primary N) is 1. The first-order valence-corrected chi connectivity index (χ1v) is 6.04. The van der Waals surface area contributed by atoms with Gasteiger partial charge in [0.05, 0.1) is 0 Å². The topological polar surface area (TPSA) is 26.0 Å². The van der Waals surface area contributed by atoms with E-state index in [1.165, 1.54) is 12.1 Å². The first-order chi connectivity index (χ1) is 9.10. The van der Waals surface area contributed by atoms with Crippen LogP contribution in [-0.2, 0) is 5.41 Å². The number of hydrogen-bond donors (Lipinski definition) is 1. The molecule has 1 fully saturated rings. The third-order valence-electron chi connectivity index (χ3n) is 3.76. The third-order valence-corrected chi connectivity index (χ3v) is 3.76. The van der Waals surface area contributed by atoms with Crippen LogP contribution in [0.1, 0.15) is 29.9 Å². The maximum atomic E-state index is 12.6. The number of halogens is 6. The third kappa shape index (κ3) is 2.77. The Hall–Kier alpha value is -1.24. The molecule has 0 spiro atoms. The van der Waals surface area contributed by atoms with Gasteiger partial charge in [0.15, 0.2) is 5.92 Å². The van der Waals surface area contributed by atoms with E-state index < -0.39 is 23.8 Å². The minimum Gasteiger partial charge on any atom is -0.330 e. The molecule has 0 aromatic heterocycles. The lowest BCUT2D eigenvalue weighted by molar-refractivity contribution is -0.253. The van der Waals surface area contributed by atoms with E-state index in [4.69, 9.17) is 5.73 Å². The molecule has 0 atom stereocenters. The van der Waals surface area contributed by atoms with E-state index in [0.717, 1.165) is 25.0 Å². The normalized spacial score (nSPS) is 18.4. The summed E-state index contributed by atoms with van der Waals surface area (Å²) < 4.78 is 75.4. The van der Waals surface area contributed by atoms with Crippen molar-refractivity contribution in [1.82, 2.24) is 0 Å². The second-order valence-corrected chi connectivity index (χ2v) is 5.12. The zero-order valence-corrected chi connectivity index (χ0v) is 10.4. The van der Waals surface area contributed by atoms with Crippen molar-refractivity contribution in [2.75, 3.05) is 6.54 Å². The second kappa shape index (κ2) is 4.65. The highest BCUT2D eigenvalue weighted by atomic mass is 19.4. The molecule has 7 heteroatoms. The maximum absolute atomic E-state index is 12.6. The van der Waals surface area contributed by atoms with Crippen LogP contribution in [0.2, 0.25) is 0 Å². The first kappa shape index (κ1) is 15.2. The van der Waals surface area contributed by atoms with Gasteiger partial charge in [-0.1, -0.05) is 24.3 Å². The van der Waals surface area contributed by atoms with Crippen LogP contribution in [0.25, 0.3) is 0 Å². The predicted molar refractivity (Wildman–Crippen MR) is 61.3 cm³/mol. The quantitative estimate of drug-likeness (QED) is 0.842. The Morgan fingerprint density at radius 3 is 1.70 bits per heavy atom. The van der Waals surface area contributed by atoms with Crippen molar-refractivity contribution < 1.29 is 26.3 Å². The van der Waals surface area contributed by atoms with Gasteiger partial charge in [0.25, 0.3) is 0 Å². The zero-order chi connectivity index (χ0) is 15.2. The molecule has 1 saturated carbocycles. The fraction of sp³-hybridized carbons (Fsp3) is 0.538. The molecule has 1 nitrogen and oxygen atoms in total. The van der Waals surface area contributed by atoms with E-state index >= 15 is 0 Å². The Kier molecular flexibility index (Phi) is 3.52. The molecule has 0 unspecified atom stereocenters. The van der Waals surface area contributed by atoms with Gasteiger partial charge in [0.1, 0.15) is 0 Å². The predicted octanol–water partition coefficient (Wildman–Crippen LogP) is 3.89. The van der Waals surface area contributed by atoms with Crippen LogP contribution in [0.15, 0.2) is 24.3 Å². The van der Waals surface area contributed by atoms with E-state index in [1.54, 1.807) is 0 Å². The number of benzene rings is 1. The fourth-order valence-electron chi connectivity index (χ4n) is 2.35. The molecule has 2 rings (SSSR count). The monoisotopic (exact) mass is 297 g/mol. The summed E-state index contributed by atoms with van der Waals surface area (Å²) in [5.41, 5.74) is 5.23. The minimum atomic E-state index is -5.36. The van der Waals surface area contributed by atoms with E-state index in [-0.39, 0.29) is 5.41 Å². The zero-order valence-electron chi connectivity index (χ0n) is 10.4. The van der Waals surface area contributed by atoms with Gasteiger partial charge in [-0.25, -0.2) is 0 Å². The Morgan fingerprint density at radius 2 is 1.40 bits per heavy atom. The van der Waals surface area contributed by atoms with Gasteiger partial charge in [0.2, 0.25) is 0 Å². The molecular formula is C13H13F6N. The molecule has 0 heterocycles. The van der Waals surface area contributed by atoms with E-state index in [1.807, 2.05) is 0 Å². The summed E-state index contributed by atoms with van der Waals surface area (Å²) >= 11 is 0. The summed E-state index contributed by atoms with van der Waals surface area (Å²) in [4.78, 5) is 0. The lowest BCUT2D eigenvalue weighted by Crippen LogP contribution is -2.34. The lowest BCUT2D eigenvalue weighted by atomic mass is 9.91. The Bertz CT molecular complexity index is 455. The molecule has 1 aliphatic carbocycles. The smallest absolute Gasteiger partial charge is 0.330 e. The van der Waals surface area contributed by atoms with Gasteiger partial charge in [-0.2, -0.15) is 26.3 Å². The molecule has 0 aliphatic heterocycles. The van der Waals surface area contributed by atoms with Crippen LogP contribution in [0, 0.1) is 0 Å².